The van der Waals surface area contributed by atoms with E-state index in [9.17, 15) is 19.2 Å². The molecule has 0 saturated carbocycles. The number of aromatic nitrogens is 6. The molecule has 2 aliphatic heterocycles. The number of carbonyl (C=O) groups is 4. The number of hydrogen-bond donors (Lipinski definition) is 5. The molecule has 0 unspecified atom stereocenters. The van der Waals surface area contributed by atoms with E-state index in [0.29, 0.717) is 59.5 Å². The second-order valence-corrected chi connectivity index (χ2v) is 23.6. The number of hydrogen-bond acceptors (Lipinski definition) is 13. The Kier molecular flexibility index (Phi) is 21.1. The number of rotatable bonds is 14. The lowest BCUT2D eigenvalue weighted by Gasteiger charge is -2.39. The Morgan fingerprint density at radius 1 is 0.659 bits per heavy atom. The summed E-state index contributed by atoms with van der Waals surface area (Å²) < 4.78 is 11.5. The summed E-state index contributed by atoms with van der Waals surface area (Å²) in [7, 11) is 0. The lowest BCUT2D eigenvalue weighted by Crippen LogP contribution is -2.52. The number of nitrogens with zero attached hydrogens (tertiary/aromatic N) is 7. The predicted octanol–water partition coefficient (Wildman–Crippen LogP) is 14.4. The Morgan fingerprint density at radius 3 is 1.53 bits per heavy atom. The molecule has 4 aromatic heterocycles. The van der Waals surface area contributed by atoms with E-state index in [4.69, 9.17) is 54.2 Å². The Morgan fingerprint density at radius 2 is 1.11 bits per heavy atom. The smallest absolute Gasteiger partial charge is 0.410 e. The van der Waals surface area contributed by atoms with E-state index in [1.165, 1.54) is 6.08 Å². The molecular weight excluding hydrogens is 1140 g/mol. The summed E-state index contributed by atoms with van der Waals surface area (Å²) in [6, 6.07) is 31.6. The standard InChI is InChI=1S/C32H35ClN6O3.C29H33ClN6O2.C3H3ClO/c1-5-28(40)38-16-8-9-23(20-38)39(31(41)42-32(2,3)4)19-21-12-14-22(15-13-21)36-30-35-18-26(33)29(37-30)25-17-34-27-11-7-6-10-24(25)27;1-29(2,3)38-28(37)36(21-7-6-14-31-15-21)18-19-10-12-20(13-11-19)34-27-33-17-24(30)26(35-27)23-16-32-25-9-5-4-8-22(23)25;1-2-3(4)5/h5-7,10-15,17-18,23,34H,1,8-9,16,19-20H2,2-4H3,(H,35,36,37);4-5,8-13,16-17,21,31-32H,6-7,14-15,18H2,1-3H3,(H,33,34,35);2H,1H2/t23-;21-;/m11./s1. The highest BCUT2D eigenvalue weighted by atomic mass is 35.5. The second-order valence-electron chi connectivity index (χ2n) is 22.4. The summed E-state index contributed by atoms with van der Waals surface area (Å²) >= 11 is 17.7. The quantitative estimate of drug-likeness (QED) is 0.0507. The van der Waals surface area contributed by atoms with Crippen LogP contribution in [0.3, 0.4) is 0 Å². The van der Waals surface area contributed by atoms with Crippen LogP contribution in [0.15, 0.2) is 147 Å². The van der Waals surface area contributed by atoms with E-state index >= 15 is 0 Å². The zero-order valence-electron chi connectivity index (χ0n) is 48.6. The average molecular weight is 1210 g/mol. The summed E-state index contributed by atoms with van der Waals surface area (Å²) in [5.74, 6) is 0.736. The molecule has 444 valence electrons. The molecule has 2 fully saturated rings. The maximum atomic E-state index is 13.3. The summed E-state index contributed by atoms with van der Waals surface area (Å²) in [6.07, 6.45) is 12.3. The largest absolute Gasteiger partial charge is 0.444 e. The van der Waals surface area contributed by atoms with Gasteiger partial charge in [-0.05, 0) is 145 Å². The molecule has 2 aliphatic rings. The lowest BCUT2D eigenvalue weighted by molar-refractivity contribution is -0.128. The van der Waals surface area contributed by atoms with Crippen molar-refractivity contribution in [3.8, 4) is 22.5 Å². The highest BCUT2D eigenvalue weighted by Crippen LogP contribution is 2.35. The van der Waals surface area contributed by atoms with Gasteiger partial charge in [0.1, 0.15) is 11.2 Å². The number of carbonyl (C=O) groups excluding carboxylic acids is 4. The first-order chi connectivity index (χ1) is 40.6. The number of nitrogens with one attached hydrogen (secondary N) is 5. The van der Waals surface area contributed by atoms with Gasteiger partial charge in [-0.15, -0.1) is 0 Å². The van der Waals surface area contributed by atoms with Crippen molar-refractivity contribution < 1.29 is 28.7 Å². The molecule has 18 nitrogen and oxygen atoms in total. The Bertz CT molecular complexity index is 3630. The number of aromatic amines is 2. The van der Waals surface area contributed by atoms with Gasteiger partial charge in [-0.3, -0.25) is 19.4 Å². The van der Waals surface area contributed by atoms with Gasteiger partial charge in [0.05, 0.1) is 39.9 Å². The highest BCUT2D eigenvalue weighted by molar-refractivity contribution is 6.66. The normalized spacial score (nSPS) is 15.0. The van der Waals surface area contributed by atoms with Gasteiger partial charge in [-0.1, -0.05) is 97.0 Å². The zero-order valence-corrected chi connectivity index (χ0v) is 50.8. The van der Waals surface area contributed by atoms with Crippen LogP contribution in [0.4, 0.5) is 32.9 Å². The van der Waals surface area contributed by atoms with Crippen LogP contribution in [0.25, 0.3) is 44.3 Å². The molecule has 2 saturated heterocycles. The monoisotopic (exact) mass is 1210 g/mol. The van der Waals surface area contributed by atoms with E-state index in [2.05, 4.69) is 49.0 Å². The van der Waals surface area contributed by atoms with Crippen molar-refractivity contribution in [1.29, 1.82) is 0 Å². The number of likely N-dealkylation sites (tertiary alicyclic amines) is 1. The zero-order chi connectivity index (χ0) is 60.8. The first kappa shape index (κ1) is 62.7. The molecule has 21 heteroatoms. The van der Waals surface area contributed by atoms with Crippen LogP contribution in [0.2, 0.25) is 10.0 Å². The number of para-hydroxylation sites is 2. The molecule has 0 bridgehead atoms. The molecule has 5 N–H and O–H groups in total. The molecule has 0 spiro atoms. The number of H-pyrrole nitrogens is 2. The van der Waals surface area contributed by atoms with Crippen LogP contribution in [-0.2, 0) is 32.2 Å². The minimum atomic E-state index is -0.640. The second kappa shape index (κ2) is 28.5. The van der Waals surface area contributed by atoms with Crippen LogP contribution in [0.1, 0.15) is 78.4 Å². The van der Waals surface area contributed by atoms with Crippen molar-refractivity contribution >= 4 is 103 Å². The molecule has 10 rings (SSSR count). The van der Waals surface area contributed by atoms with Gasteiger partial charge in [-0.2, -0.15) is 0 Å². The number of ether oxygens (including phenoxy) is 2. The number of allylic oxidation sites excluding steroid dienone is 1. The summed E-state index contributed by atoms with van der Waals surface area (Å²) in [5.41, 5.74) is 7.51. The number of benzene rings is 4. The average Bonchev–Trinajstić information content (AvgIpc) is 3.69. The minimum Gasteiger partial charge on any atom is -0.444 e. The number of amides is 3. The van der Waals surface area contributed by atoms with Crippen LogP contribution < -0.4 is 16.0 Å². The van der Waals surface area contributed by atoms with E-state index in [1.807, 2.05) is 156 Å². The number of anilines is 4. The molecule has 6 heterocycles. The Balaban J connectivity index is 0.000000206. The summed E-state index contributed by atoms with van der Waals surface area (Å²) in [5, 5.41) is 12.4. The van der Waals surface area contributed by atoms with Crippen molar-refractivity contribution in [1.82, 2.24) is 49.9 Å². The molecule has 0 aliphatic carbocycles. The van der Waals surface area contributed by atoms with Crippen molar-refractivity contribution in [3.63, 3.8) is 0 Å². The molecule has 2 atom stereocenters. The van der Waals surface area contributed by atoms with Gasteiger partial charge >= 0.3 is 12.2 Å². The molecular formula is C64H71Cl3N12O6. The van der Waals surface area contributed by atoms with Crippen molar-refractivity contribution in [2.75, 3.05) is 36.8 Å². The fourth-order valence-corrected chi connectivity index (χ4v) is 10.2. The van der Waals surface area contributed by atoms with Gasteiger partial charge in [0.15, 0.2) is 0 Å². The third kappa shape index (κ3) is 17.4. The summed E-state index contributed by atoms with van der Waals surface area (Å²) in [6.45, 7) is 21.6. The van der Waals surface area contributed by atoms with Crippen LogP contribution in [-0.4, -0.2) is 117 Å². The van der Waals surface area contributed by atoms with E-state index in [-0.39, 0.29) is 24.1 Å². The maximum Gasteiger partial charge on any atom is 0.410 e. The number of piperidine rings is 2. The van der Waals surface area contributed by atoms with Gasteiger partial charge in [0, 0.05) is 95.5 Å². The van der Waals surface area contributed by atoms with Gasteiger partial charge in [0.2, 0.25) is 23.0 Å². The Hall–Kier alpha value is -8.29. The van der Waals surface area contributed by atoms with E-state index < -0.39 is 22.5 Å². The van der Waals surface area contributed by atoms with Gasteiger partial charge in [0.25, 0.3) is 0 Å². The number of halogens is 3. The topological polar surface area (TPSA) is 216 Å². The fraction of sp³-hybridized carbons (Fsp3) is 0.312. The van der Waals surface area contributed by atoms with E-state index in [1.54, 1.807) is 22.2 Å². The fourth-order valence-electron chi connectivity index (χ4n) is 9.77. The Labute approximate surface area is 510 Å². The molecule has 8 aromatic rings. The number of fused-ring (bicyclic) bond motifs is 2. The van der Waals surface area contributed by atoms with Crippen LogP contribution in [0, 0.1) is 0 Å². The third-order valence-electron chi connectivity index (χ3n) is 13.8. The lowest BCUT2D eigenvalue weighted by atomic mass is 10.0. The van der Waals surface area contributed by atoms with Crippen LogP contribution in [0.5, 0.6) is 0 Å². The van der Waals surface area contributed by atoms with Crippen molar-refractivity contribution in [3.05, 3.63) is 168 Å². The molecule has 0 radical (unpaired) electrons. The van der Waals surface area contributed by atoms with Crippen LogP contribution >= 0.6 is 34.8 Å². The minimum absolute atomic E-state index is 0.0989. The van der Waals surface area contributed by atoms with Crippen molar-refractivity contribution in [2.45, 2.75) is 104 Å². The maximum absolute atomic E-state index is 13.3. The third-order valence-corrected chi connectivity index (χ3v) is 14.5. The predicted molar refractivity (Wildman–Crippen MR) is 338 cm³/mol. The van der Waals surface area contributed by atoms with E-state index in [0.717, 1.165) is 100 Å². The molecule has 85 heavy (non-hydrogen) atoms. The first-order valence-corrected chi connectivity index (χ1v) is 29.1. The summed E-state index contributed by atoms with van der Waals surface area (Å²) in [4.78, 5) is 78.1. The highest BCUT2D eigenvalue weighted by Gasteiger charge is 2.34. The molecule has 4 aromatic carbocycles. The van der Waals surface area contributed by atoms with Gasteiger partial charge < -0.3 is 40.3 Å². The first-order valence-electron chi connectivity index (χ1n) is 28.0. The van der Waals surface area contributed by atoms with Gasteiger partial charge in [-0.25, -0.2) is 29.5 Å². The molecule has 3 amide bonds. The van der Waals surface area contributed by atoms with Crippen molar-refractivity contribution in [2.24, 2.45) is 0 Å². The SMILES string of the molecule is C=CC(=O)Cl.C=CC(=O)N1CCC[C@@H](N(Cc2ccc(Nc3ncc(Cl)c(-c4c[nH]c5ccccc45)n3)cc2)C(=O)OC(C)(C)C)C1.CC(C)(C)OC(=O)N(Cc1ccc(Nc2ncc(Cl)c(-c3c[nH]c4ccccc34)n2)cc1)[C@@H]1CCCNC1.